The van der Waals surface area contributed by atoms with Gasteiger partial charge in [-0.3, -0.25) is 9.78 Å². The first kappa shape index (κ1) is 19.1. The molecule has 2 heterocycles. The standard InChI is InChI=1S/C23H19N5O2/c1-30-21-9-7-18(8-10-21)26-20-13-17(14-24-15-20)16-4-2-5-19(12-16)27-23(29)22-6-3-11-25-28-22/h2-15,26H,1H3,(H,27,29). The van der Waals surface area contributed by atoms with E-state index in [1.807, 2.05) is 54.6 Å². The minimum absolute atomic E-state index is 0.259. The molecule has 0 unspecified atom stereocenters. The van der Waals surface area contributed by atoms with E-state index >= 15 is 0 Å². The van der Waals surface area contributed by atoms with Crippen molar-refractivity contribution in [3.8, 4) is 16.9 Å². The van der Waals surface area contributed by atoms with Gasteiger partial charge in [0, 0.05) is 29.3 Å². The third kappa shape index (κ3) is 4.59. The number of methoxy groups -OCH3 is 1. The molecule has 148 valence electrons. The number of anilines is 3. The quantitative estimate of drug-likeness (QED) is 0.496. The summed E-state index contributed by atoms with van der Waals surface area (Å²) in [6, 6.07) is 20.5. The molecule has 4 aromatic rings. The summed E-state index contributed by atoms with van der Waals surface area (Å²) in [6.07, 6.45) is 5.06. The van der Waals surface area contributed by atoms with E-state index in [-0.39, 0.29) is 11.6 Å². The van der Waals surface area contributed by atoms with Gasteiger partial charge in [-0.05, 0) is 60.2 Å². The van der Waals surface area contributed by atoms with Crippen molar-refractivity contribution in [2.24, 2.45) is 0 Å². The molecule has 1 amide bonds. The summed E-state index contributed by atoms with van der Waals surface area (Å²) in [6.45, 7) is 0. The number of carbonyl (C=O) groups is 1. The van der Waals surface area contributed by atoms with Crippen LogP contribution in [0.2, 0.25) is 0 Å². The Bertz CT molecular complexity index is 1150. The Labute approximate surface area is 173 Å². The van der Waals surface area contributed by atoms with E-state index in [4.69, 9.17) is 4.74 Å². The number of nitrogens with one attached hydrogen (secondary N) is 2. The van der Waals surface area contributed by atoms with Crippen LogP contribution in [0.1, 0.15) is 10.5 Å². The minimum Gasteiger partial charge on any atom is -0.497 e. The zero-order chi connectivity index (χ0) is 20.8. The van der Waals surface area contributed by atoms with Gasteiger partial charge in [-0.15, -0.1) is 5.10 Å². The molecule has 0 atom stereocenters. The number of carbonyl (C=O) groups excluding carboxylic acids is 1. The van der Waals surface area contributed by atoms with Crippen LogP contribution < -0.4 is 15.4 Å². The molecule has 2 aromatic heterocycles. The number of benzene rings is 2. The van der Waals surface area contributed by atoms with Crippen LogP contribution in [-0.4, -0.2) is 28.2 Å². The lowest BCUT2D eigenvalue weighted by atomic mass is 10.1. The summed E-state index contributed by atoms with van der Waals surface area (Å²) in [4.78, 5) is 16.7. The van der Waals surface area contributed by atoms with Gasteiger partial charge in [-0.2, -0.15) is 5.10 Å². The van der Waals surface area contributed by atoms with Crippen LogP contribution in [-0.2, 0) is 0 Å². The predicted molar refractivity (Wildman–Crippen MR) is 116 cm³/mol. The predicted octanol–water partition coefficient (Wildman–Crippen LogP) is 4.54. The minimum atomic E-state index is -0.312. The third-order valence-corrected chi connectivity index (χ3v) is 4.38. The largest absolute Gasteiger partial charge is 0.497 e. The fourth-order valence-electron chi connectivity index (χ4n) is 2.90. The van der Waals surface area contributed by atoms with Gasteiger partial charge < -0.3 is 15.4 Å². The molecular formula is C23H19N5O2. The monoisotopic (exact) mass is 397 g/mol. The highest BCUT2D eigenvalue weighted by molar-refractivity contribution is 6.03. The zero-order valence-corrected chi connectivity index (χ0v) is 16.2. The molecule has 4 rings (SSSR count). The van der Waals surface area contributed by atoms with Crippen molar-refractivity contribution in [2.75, 3.05) is 17.7 Å². The summed E-state index contributed by atoms with van der Waals surface area (Å²) >= 11 is 0. The molecule has 7 nitrogen and oxygen atoms in total. The lowest BCUT2D eigenvalue weighted by Gasteiger charge is -2.10. The van der Waals surface area contributed by atoms with Gasteiger partial charge in [-0.25, -0.2) is 0 Å². The first-order chi connectivity index (χ1) is 14.7. The number of amides is 1. The highest BCUT2D eigenvalue weighted by atomic mass is 16.5. The molecule has 0 bridgehead atoms. The van der Waals surface area contributed by atoms with Gasteiger partial charge in [0.25, 0.3) is 5.91 Å². The fourth-order valence-corrected chi connectivity index (χ4v) is 2.90. The van der Waals surface area contributed by atoms with E-state index in [1.165, 1.54) is 6.20 Å². The molecule has 0 fully saturated rings. The van der Waals surface area contributed by atoms with Crippen LogP contribution in [0.3, 0.4) is 0 Å². The second-order valence-corrected chi connectivity index (χ2v) is 6.46. The molecule has 7 heteroatoms. The number of pyridine rings is 1. The molecule has 0 saturated heterocycles. The summed E-state index contributed by atoms with van der Waals surface area (Å²) < 4.78 is 5.19. The zero-order valence-electron chi connectivity index (χ0n) is 16.2. The summed E-state index contributed by atoms with van der Waals surface area (Å²) in [5, 5.41) is 13.7. The topological polar surface area (TPSA) is 89.0 Å². The van der Waals surface area contributed by atoms with Crippen LogP contribution in [0.25, 0.3) is 11.1 Å². The van der Waals surface area contributed by atoms with Crippen LogP contribution in [0.4, 0.5) is 17.1 Å². The normalized spacial score (nSPS) is 10.3. The van der Waals surface area contributed by atoms with Crippen LogP contribution >= 0.6 is 0 Å². The van der Waals surface area contributed by atoms with Crippen molar-refractivity contribution in [2.45, 2.75) is 0 Å². The Morgan fingerprint density at radius 3 is 2.47 bits per heavy atom. The van der Waals surface area contributed by atoms with Crippen molar-refractivity contribution in [1.29, 1.82) is 0 Å². The maximum atomic E-state index is 12.3. The molecule has 2 aromatic carbocycles. The SMILES string of the molecule is COc1ccc(Nc2cncc(-c3cccc(NC(=O)c4cccnn4)c3)c2)cc1. The Kier molecular flexibility index (Phi) is 5.61. The van der Waals surface area contributed by atoms with Gasteiger partial charge in [0.15, 0.2) is 5.69 Å². The molecular weight excluding hydrogens is 378 g/mol. The van der Waals surface area contributed by atoms with Crippen molar-refractivity contribution in [3.05, 3.63) is 91.0 Å². The van der Waals surface area contributed by atoms with Gasteiger partial charge in [0.2, 0.25) is 0 Å². The smallest absolute Gasteiger partial charge is 0.276 e. The first-order valence-electron chi connectivity index (χ1n) is 9.27. The second-order valence-electron chi connectivity index (χ2n) is 6.46. The van der Waals surface area contributed by atoms with Crippen LogP contribution in [0.5, 0.6) is 5.75 Å². The molecule has 2 N–H and O–H groups in total. The lowest BCUT2D eigenvalue weighted by Crippen LogP contribution is -2.13. The van der Waals surface area contributed by atoms with Gasteiger partial charge in [-0.1, -0.05) is 12.1 Å². The molecule has 0 radical (unpaired) electrons. The Balaban J connectivity index is 1.52. The maximum absolute atomic E-state index is 12.3. The molecule has 0 aliphatic heterocycles. The lowest BCUT2D eigenvalue weighted by molar-refractivity contribution is 0.102. The number of hydrogen-bond donors (Lipinski definition) is 2. The van der Waals surface area contributed by atoms with E-state index in [1.54, 1.807) is 31.6 Å². The van der Waals surface area contributed by atoms with Gasteiger partial charge >= 0.3 is 0 Å². The first-order valence-corrected chi connectivity index (χ1v) is 9.27. The van der Waals surface area contributed by atoms with Gasteiger partial charge in [0.05, 0.1) is 19.0 Å². The van der Waals surface area contributed by atoms with E-state index < -0.39 is 0 Å². The Morgan fingerprint density at radius 2 is 1.70 bits per heavy atom. The Morgan fingerprint density at radius 1 is 0.867 bits per heavy atom. The molecule has 0 aliphatic carbocycles. The fraction of sp³-hybridized carbons (Fsp3) is 0.0435. The highest BCUT2D eigenvalue weighted by Crippen LogP contribution is 2.26. The summed E-state index contributed by atoms with van der Waals surface area (Å²) in [7, 11) is 1.64. The second kappa shape index (κ2) is 8.83. The van der Waals surface area contributed by atoms with Crippen molar-refractivity contribution in [1.82, 2.24) is 15.2 Å². The molecule has 0 aliphatic rings. The highest BCUT2D eigenvalue weighted by Gasteiger charge is 2.09. The molecule has 30 heavy (non-hydrogen) atoms. The van der Waals surface area contributed by atoms with Crippen LogP contribution in [0.15, 0.2) is 85.3 Å². The van der Waals surface area contributed by atoms with Crippen LogP contribution in [0, 0.1) is 0 Å². The number of rotatable bonds is 6. The number of ether oxygens (including phenoxy) is 1. The molecule has 0 spiro atoms. The van der Waals surface area contributed by atoms with Crippen molar-refractivity contribution in [3.63, 3.8) is 0 Å². The third-order valence-electron chi connectivity index (χ3n) is 4.38. The van der Waals surface area contributed by atoms with Gasteiger partial charge in [0.1, 0.15) is 5.75 Å². The number of aromatic nitrogens is 3. The maximum Gasteiger partial charge on any atom is 0.276 e. The van der Waals surface area contributed by atoms with E-state index in [2.05, 4.69) is 25.8 Å². The van der Waals surface area contributed by atoms with E-state index in [0.717, 1.165) is 28.3 Å². The summed E-state index contributed by atoms with van der Waals surface area (Å²) in [5.74, 6) is 0.487. The van der Waals surface area contributed by atoms with Crippen molar-refractivity contribution < 1.29 is 9.53 Å². The van der Waals surface area contributed by atoms with E-state index in [0.29, 0.717) is 5.69 Å². The van der Waals surface area contributed by atoms with E-state index in [9.17, 15) is 4.79 Å². The summed E-state index contributed by atoms with van der Waals surface area (Å²) in [5.41, 5.74) is 4.56. The average molecular weight is 397 g/mol. The molecule has 0 saturated carbocycles. The Hall–Kier alpha value is -4.26. The number of nitrogens with zero attached hydrogens (tertiary/aromatic N) is 3. The average Bonchev–Trinajstić information content (AvgIpc) is 2.80. The number of hydrogen-bond acceptors (Lipinski definition) is 6. The van der Waals surface area contributed by atoms with Crippen molar-refractivity contribution >= 4 is 23.0 Å².